The number of carbonyl (C=O) groups excluding carboxylic acids is 1. The molecule has 3 rings (SSSR count). The first-order valence-corrected chi connectivity index (χ1v) is 7.93. The Morgan fingerprint density at radius 1 is 1.30 bits per heavy atom. The summed E-state index contributed by atoms with van der Waals surface area (Å²) in [7, 11) is 0. The van der Waals surface area contributed by atoms with Crippen LogP contribution in [0.3, 0.4) is 0 Å². The van der Waals surface area contributed by atoms with Crippen LogP contribution in [0, 0.1) is 6.92 Å². The SMILES string of the molecule is Cc1nc(-c2ccc(N3CCN(C(=O)C(C)Cl)CC3)nc2)no1. The third-order valence-electron chi connectivity index (χ3n) is 3.79. The first-order chi connectivity index (χ1) is 11.0. The molecule has 2 aromatic heterocycles. The molecule has 2 aromatic rings. The number of rotatable bonds is 3. The van der Waals surface area contributed by atoms with Gasteiger partial charge in [0.15, 0.2) is 0 Å². The monoisotopic (exact) mass is 335 g/mol. The van der Waals surface area contributed by atoms with Gasteiger partial charge in [-0.2, -0.15) is 4.98 Å². The molecule has 8 heteroatoms. The third-order valence-corrected chi connectivity index (χ3v) is 3.98. The third kappa shape index (κ3) is 3.44. The molecular weight excluding hydrogens is 318 g/mol. The van der Waals surface area contributed by atoms with Crippen LogP contribution in [0.2, 0.25) is 0 Å². The fourth-order valence-corrected chi connectivity index (χ4v) is 2.67. The normalized spacial score (nSPS) is 16.5. The molecule has 1 aliphatic heterocycles. The van der Waals surface area contributed by atoms with Crippen LogP contribution in [-0.2, 0) is 4.79 Å². The molecule has 1 saturated heterocycles. The highest BCUT2D eigenvalue weighted by molar-refractivity contribution is 6.30. The summed E-state index contributed by atoms with van der Waals surface area (Å²) in [5, 5.41) is 3.40. The molecule has 23 heavy (non-hydrogen) atoms. The molecule has 1 aliphatic rings. The maximum atomic E-state index is 11.9. The van der Waals surface area contributed by atoms with Gasteiger partial charge in [0, 0.05) is 44.9 Å². The minimum atomic E-state index is -0.475. The minimum Gasteiger partial charge on any atom is -0.353 e. The number of hydrogen-bond acceptors (Lipinski definition) is 6. The van der Waals surface area contributed by atoms with Gasteiger partial charge in [-0.25, -0.2) is 4.98 Å². The van der Waals surface area contributed by atoms with Crippen molar-refractivity contribution in [3.05, 3.63) is 24.2 Å². The number of carbonyl (C=O) groups is 1. The second kappa shape index (κ2) is 6.54. The Kier molecular flexibility index (Phi) is 4.47. The number of anilines is 1. The zero-order valence-electron chi connectivity index (χ0n) is 13.1. The van der Waals surface area contributed by atoms with E-state index in [0.29, 0.717) is 24.8 Å². The van der Waals surface area contributed by atoms with Crippen molar-refractivity contribution in [2.75, 3.05) is 31.1 Å². The van der Waals surface area contributed by atoms with Crippen LogP contribution < -0.4 is 4.90 Å². The van der Waals surface area contributed by atoms with Gasteiger partial charge in [0.25, 0.3) is 0 Å². The van der Waals surface area contributed by atoms with E-state index in [4.69, 9.17) is 16.1 Å². The van der Waals surface area contributed by atoms with Crippen LogP contribution in [0.15, 0.2) is 22.9 Å². The topological polar surface area (TPSA) is 75.4 Å². The summed E-state index contributed by atoms with van der Waals surface area (Å²) >= 11 is 5.86. The summed E-state index contributed by atoms with van der Waals surface area (Å²) < 4.78 is 4.97. The van der Waals surface area contributed by atoms with Crippen molar-refractivity contribution >= 4 is 23.3 Å². The maximum absolute atomic E-state index is 11.9. The molecule has 0 spiro atoms. The lowest BCUT2D eigenvalue weighted by molar-refractivity contribution is -0.130. The number of aryl methyl sites for hydroxylation is 1. The predicted molar refractivity (Wildman–Crippen MR) is 86.4 cm³/mol. The number of hydrogen-bond donors (Lipinski definition) is 0. The summed E-state index contributed by atoms with van der Waals surface area (Å²) in [6, 6.07) is 3.85. The smallest absolute Gasteiger partial charge is 0.240 e. The fourth-order valence-electron chi connectivity index (χ4n) is 2.53. The fraction of sp³-hybridized carbons (Fsp3) is 0.467. The highest BCUT2D eigenvalue weighted by atomic mass is 35.5. The van der Waals surface area contributed by atoms with Crippen LogP contribution in [0.5, 0.6) is 0 Å². The van der Waals surface area contributed by atoms with Crippen molar-refractivity contribution in [1.29, 1.82) is 0 Å². The molecule has 1 atom stereocenters. The Balaban J connectivity index is 1.64. The standard InChI is InChI=1S/C15H18ClN5O2/c1-10(16)15(22)21-7-5-20(6-8-21)13-4-3-12(9-17-13)14-18-11(2)23-19-14/h3-4,9-10H,5-8H2,1-2H3. The van der Waals surface area contributed by atoms with E-state index in [9.17, 15) is 4.79 Å². The summed E-state index contributed by atoms with van der Waals surface area (Å²) in [5.74, 6) is 1.92. The van der Waals surface area contributed by atoms with Gasteiger partial charge < -0.3 is 14.3 Å². The molecule has 7 nitrogen and oxygen atoms in total. The Hall–Kier alpha value is -2.15. The number of pyridine rings is 1. The van der Waals surface area contributed by atoms with Gasteiger partial charge >= 0.3 is 0 Å². The largest absolute Gasteiger partial charge is 0.353 e. The Bertz CT molecular complexity index is 677. The van der Waals surface area contributed by atoms with Crippen LogP contribution in [0.1, 0.15) is 12.8 Å². The predicted octanol–water partition coefficient (Wildman–Crippen LogP) is 1.72. The van der Waals surface area contributed by atoms with E-state index in [1.807, 2.05) is 12.1 Å². The first kappa shape index (κ1) is 15.7. The van der Waals surface area contributed by atoms with Crippen LogP contribution in [0.4, 0.5) is 5.82 Å². The van der Waals surface area contributed by atoms with E-state index in [-0.39, 0.29) is 5.91 Å². The summed E-state index contributed by atoms with van der Waals surface area (Å²) in [5.41, 5.74) is 0.815. The van der Waals surface area contributed by atoms with Gasteiger partial charge in [-0.05, 0) is 19.1 Å². The van der Waals surface area contributed by atoms with Gasteiger partial charge in [-0.15, -0.1) is 11.6 Å². The van der Waals surface area contributed by atoms with Gasteiger partial charge in [0.2, 0.25) is 17.6 Å². The van der Waals surface area contributed by atoms with Crippen LogP contribution >= 0.6 is 11.6 Å². The zero-order chi connectivity index (χ0) is 16.4. The number of alkyl halides is 1. The second-order valence-electron chi connectivity index (χ2n) is 5.47. The van der Waals surface area contributed by atoms with Gasteiger partial charge in [-0.1, -0.05) is 5.16 Å². The molecule has 0 bridgehead atoms. The molecular formula is C15H18ClN5O2. The Labute approximate surface area is 139 Å². The molecule has 0 saturated carbocycles. The van der Waals surface area contributed by atoms with E-state index in [0.717, 1.165) is 24.5 Å². The average Bonchev–Trinajstić information content (AvgIpc) is 3.01. The highest BCUT2D eigenvalue weighted by Crippen LogP contribution is 2.19. The molecule has 0 radical (unpaired) electrons. The number of amides is 1. The summed E-state index contributed by atoms with van der Waals surface area (Å²) in [6.45, 7) is 6.25. The number of nitrogens with zero attached hydrogens (tertiary/aromatic N) is 5. The van der Waals surface area contributed by atoms with Gasteiger partial charge in [0.05, 0.1) is 0 Å². The molecule has 1 unspecified atom stereocenters. The van der Waals surface area contributed by atoms with E-state index in [1.54, 1.807) is 24.9 Å². The van der Waals surface area contributed by atoms with Crippen molar-refractivity contribution in [3.63, 3.8) is 0 Å². The molecule has 3 heterocycles. The molecule has 122 valence electrons. The molecule has 0 N–H and O–H groups in total. The van der Waals surface area contributed by atoms with Gasteiger partial charge in [-0.3, -0.25) is 4.79 Å². The highest BCUT2D eigenvalue weighted by Gasteiger charge is 2.24. The average molecular weight is 336 g/mol. The number of piperazine rings is 1. The van der Waals surface area contributed by atoms with Crippen molar-refractivity contribution in [1.82, 2.24) is 20.0 Å². The van der Waals surface area contributed by atoms with Crippen molar-refractivity contribution in [2.45, 2.75) is 19.2 Å². The van der Waals surface area contributed by atoms with E-state index >= 15 is 0 Å². The minimum absolute atomic E-state index is 0.0119. The molecule has 0 aromatic carbocycles. The first-order valence-electron chi connectivity index (χ1n) is 7.49. The van der Waals surface area contributed by atoms with Crippen LogP contribution in [-0.4, -0.2) is 57.5 Å². The molecule has 1 fully saturated rings. The molecule has 1 amide bonds. The zero-order valence-corrected chi connectivity index (χ0v) is 13.8. The lowest BCUT2D eigenvalue weighted by Crippen LogP contribution is -2.50. The second-order valence-corrected chi connectivity index (χ2v) is 6.13. The quantitative estimate of drug-likeness (QED) is 0.795. The van der Waals surface area contributed by atoms with Crippen molar-refractivity contribution in [3.8, 4) is 11.4 Å². The van der Waals surface area contributed by atoms with Crippen molar-refractivity contribution in [2.24, 2.45) is 0 Å². The Morgan fingerprint density at radius 3 is 2.57 bits per heavy atom. The number of aromatic nitrogens is 3. The summed E-state index contributed by atoms with van der Waals surface area (Å²) in [4.78, 5) is 24.5. The lowest BCUT2D eigenvalue weighted by Gasteiger charge is -2.35. The Morgan fingerprint density at radius 2 is 2.04 bits per heavy atom. The summed E-state index contributed by atoms with van der Waals surface area (Å²) in [6.07, 6.45) is 1.73. The van der Waals surface area contributed by atoms with Gasteiger partial charge in [0.1, 0.15) is 11.2 Å². The number of halogens is 1. The van der Waals surface area contributed by atoms with Crippen LogP contribution in [0.25, 0.3) is 11.4 Å². The maximum Gasteiger partial charge on any atom is 0.240 e. The lowest BCUT2D eigenvalue weighted by atomic mass is 10.2. The van der Waals surface area contributed by atoms with Crippen molar-refractivity contribution < 1.29 is 9.32 Å². The van der Waals surface area contributed by atoms with E-state index in [1.165, 1.54) is 0 Å². The van der Waals surface area contributed by atoms with E-state index < -0.39 is 5.38 Å². The van der Waals surface area contributed by atoms with E-state index in [2.05, 4.69) is 20.0 Å². The molecule has 0 aliphatic carbocycles.